The molecule has 1 saturated heterocycles. The average molecular weight is 453 g/mol. The third-order valence-electron chi connectivity index (χ3n) is 8.06. The topological polar surface area (TPSA) is 113 Å². The Balaban J connectivity index is 1.83. The monoisotopic (exact) mass is 452 g/mol. The van der Waals surface area contributed by atoms with Crippen molar-refractivity contribution >= 4 is 11.9 Å². The zero-order chi connectivity index (χ0) is 23.8. The summed E-state index contributed by atoms with van der Waals surface area (Å²) in [6, 6.07) is 0. The molecule has 0 spiro atoms. The van der Waals surface area contributed by atoms with Gasteiger partial charge in [-0.3, -0.25) is 9.59 Å². The van der Waals surface area contributed by atoms with Crippen LogP contribution in [0.25, 0.3) is 0 Å². The van der Waals surface area contributed by atoms with Crippen molar-refractivity contribution in [2.75, 3.05) is 0 Å². The first-order valence-corrected chi connectivity index (χ1v) is 12.1. The summed E-state index contributed by atoms with van der Waals surface area (Å²) in [6.45, 7) is 9.63. The van der Waals surface area contributed by atoms with Gasteiger partial charge in [0.15, 0.2) is 0 Å². The third-order valence-corrected chi connectivity index (χ3v) is 8.06. The fourth-order valence-corrected chi connectivity index (χ4v) is 5.47. The summed E-state index contributed by atoms with van der Waals surface area (Å²) in [6.07, 6.45) is 1.79. The van der Waals surface area contributed by atoms with Crippen LogP contribution in [0.15, 0.2) is 11.6 Å². The lowest BCUT2D eigenvalue weighted by Gasteiger charge is -2.49. The molecule has 2 fully saturated rings. The molecule has 7 nitrogen and oxygen atoms in total. The van der Waals surface area contributed by atoms with E-state index in [0.717, 1.165) is 5.57 Å². The SMILES string of the molecule is CCC(C)(C)C(=O)O[C@H]1C[C@@H](C)C(O)C2=CC(O)[C@H](C)[C@H](CC[C@@H]3C[C@@H](O)CC(=O)O3)C21. The van der Waals surface area contributed by atoms with Crippen molar-refractivity contribution in [3.05, 3.63) is 11.6 Å². The number of carbonyl (C=O) groups excluding carboxylic acids is 2. The number of hydrogen-bond acceptors (Lipinski definition) is 7. The van der Waals surface area contributed by atoms with Crippen molar-refractivity contribution in [3.8, 4) is 0 Å². The van der Waals surface area contributed by atoms with Crippen molar-refractivity contribution in [2.24, 2.45) is 29.1 Å². The Kier molecular flexibility index (Phi) is 7.73. The minimum atomic E-state index is -0.700. The highest BCUT2D eigenvalue weighted by molar-refractivity contribution is 5.76. The fourth-order valence-electron chi connectivity index (χ4n) is 5.47. The van der Waals surface area contributed by atoms with Gasteiger partial charge in [0.2, 0.25) is 0 Å². The number of ether oxygens (including phenoxy) is 2. The lowest BCUT2D eigenvalue weighted by molar-refractivity contribution is -0.169. The first-order valence-electron chi connectivity index (χ1n) is 12.1. The van der Waals surface area contributed by atoms with Gasteiger partial charge in [0, 0.05) is 12.3 Å². The second-order valence-electron chi connectivity index (χ2n) is 10.8. The van der Waals surface area contributed by atoms with E-state index < -0.39 is 23.7 Å². The smallest absolute Gasteiger partial charge is 0.311 e. The Labute approximate surface area is 191 Å². The number of esters is 2. The Bertz CT molecular complexity index is 730. The van der Waals surface area contributed by atoms with E-state index in [4.69, 9.17) is 9.47 Å². The number of rotatable bonds is 6. The molecule has 0 radical (unpaired) electrons. The van der Waals surface area contributed by atoms with Gasteiger partial charge in [-0.1, -0.05) is 26.8 Å². The van der Waals surface area contributed by atoms with E-state index in [2.05, 4.69) is 0 Å². The highest BCUT2D eigenvalue weighted by atomic mass is 16.6. The molecule has 0 amide bonds. The second kappa shape index (κ2) is 9.82. The van der Waals surface area contributed by atoms with Crippen LogP contribution in [-0.4, -0.2) is 57.8 Å². The highest BCUT2D eigenvalue weighted by Gasteiger charge is 2.49. The van der Waals surface area contributed by atoms with Crippen LogP contribution < -0.4 is 0 Å². The molecule has 3 rings (SSSR count). The first kappa shape index (κ1) is 25.2. The second-order valence-corrected chi connectivity index (χ2v) is 10.8. The van der Waals surface area contributed by atoms with E-state index in [1.54, 1.807) is 6.08 Å². The highest BCUT2D eigenvalue weighted by Crippen LogP contribution is 2.48. The maximum absolute atomic E-state index is 12.9. The fraction of sp³-hybridized carbons (Fsp3) is 0.840. The summed E-state index contributed by atoms with van der Waals surface area (Å²) >= 11 is 0. The molecule has 0 aromatic heterocycles. The molecule has 7 heteroatoms. The number of fused-ring (bicyclic) bond motifs is 1. The lowest BCUT2D eigenvalue weighted by Crippen LogP contribution is -2.51. The van der Waals surface area contributed by atoms with Gasteiger partial charge in [-0.2, -0.15) is 0 Å². The summed E-state index contributed by atoms with van der Waals surface area (Å²) in [4.78, 5) is 24.7. The Morgan fingerprint density at radius 2 is 1.88 bits per heavy atom. The first-order chi connectivity index (χ1) is 14.9. The standard InChI is InChI=1S/C25H40O7/c1-6-25(4,5)24(30)32-20-9-13(2)23(29)18-12-19(27)14(3)17(22(18)20)8-7-16-10-15(26)11-21(28)31-16/h12-17,19-20,22-23,26-27,29H,6-11H2,1-5H3/t13-,14-,15-,16-,17+,19?,20+,22?,23?/m1/s1. The maximum Gasteiger partial charge on any atom is 0.311 e. The molecule has 1 heterocycles. The Morgan fingerprint density at radius 3 is 2.50 bits per heavy atom. The van der Waals surface area contributed by atoms with Crippen molar-refractivity contribution in [3.63, 3.8) is 0 Å². The molecule has 32 heavy (non-hydrogen) atoms. The lowest BCUT2D eigenvalue weighted by atomic mass is 9.61. The number of aliphatic hydroxyl groups excluding tert-OH is 3. The minimum Gasteiger partial charge on any atom is -0.462 e. The van der Waals surface area contributed by atoms with Crippen LogP contribution in [0, 0.1) is 29.1 Å². The van der Waals surface area contributed by atoms with Gasteiger partial charge in [0.25, 0.3) is 0 Å². The largest absolute Gasteiger partial charge is 0.462 e. The zero-order valence-corrected chi connectivity index (χ0v) is 20.0. The van der Waals surface area contributed by atoms with Crippen molar-refractivity contribution in [1.29, 1.82) is 0 Å². The molecule has 182 valence electrons. The maximum atomic E-state index is 12.9. The van der Waals surface area contributed by atoms with Crippen molar-refractivity contribution in [1.82, 2.24) is 0 Å². The molecule has 3 unspecified atom stereocenters. The molecule has 9 atom stereocenters. The van der Waals surface area contributed by atoms with Crippen LogP contribution in [0.2, 0.25) is 0 Å². The normalized spacial score (nSPS) is 40.2. The van der Waals surface area contributed by atoms with E-state index in [1.165, 1.54) is 0 Å². The molecule has 0 aromatic carbocycles. The van der Waals surface area contributed by atoms with Crippen LogP contribution in [0.5, 0.6) is 0 Å². The molecular formula is C25H40O7. The van der Waals surface area contributed by atoms with E-state index in [1.807, 2.05) is 34.6 Å². The van der Waals surface area contributed by atoms with Crippen LogP contribution >= 0.6 is 0 Å². The van der Waals surface area contributed by atoms with E-state index in [9.17, 15) is 24.9 Å². The van der Waals surface area contributed by atoms with Gasteiger partial charge >= 0.3 is 11.9 Å². The average Bonchev–Trinajstić information content (AvgIpc) is 2.71. The van der Waals surface area contributed by atoms with Crippen molar-refractivity contribution in [2.45, 2.75) is 104 Å². The molecule has 1 saturated carbocycles. The predicted octanol–water partition coefficient (Wildman–Crippen LogP) is 2.75. The summed E-state index contributed by atoms with van der Waals surface area (Å²) < 4.78 is 11.5. The Hall–Kier alpha value is -1.44. The summed E-state index contributed by atoms with van der Waals surface area (Å²) in [7, 11) is 0. The van der Waals surface area contributed by atoms with Gasteiger partial charge in [-0.05, 0) is 62.9 Å². The van der Waals surface area contributed by atoms with Crippen LogP contribution in [-0.2, 0) is 19.1 Å². The third kappa shape index (κ3) is 5.20. The zero-order valence-electron chi connectivity index (χ0n) is 20.0. The van der Waals surface area contributed by atoms with E-state index in [-0.39, 0.29) is 54.2 Å². The molecule has 3 aliphatic rings. The quantitative estimate of drug-likeness (QED) is 0.419. The van der Waals surface area contributed by atoms with Crippen LogP contribution in [0.1, 0.15) is 73.1 Å². The van der Waals surface area contributed by atoms with Gasteiger partial charge < -0.3 is 24.8 Å². The Morgan fingerprint density at radius 1 is 1.19 bits per heavy atom. The summed E-state index contributed by atoms with van der Waals surface area (Å²) in [5.41, 5.74) is 0.164. The van der Waals surface area contributed by atoms with Gasteiger partial charge in [-0.15, -0.1) is 0 Å². The number of carbonyl (C=O) groups is 2. The minimum absolute atomic E-state index is 0.0277. The van der Waals surface area contributed by atoms with Gasteiger partial charge in [0.05, 0.1) is 30.1 Å². The molecule has 2 aliphatic carbocycles. The molecular weight excluding hydrogens is 412 g/mol. The number of aliphatic hydroxyl groups is 3. The number of hydrogen-bond donors (Lipinski definition) is 3. The van der Waals surface area contributed by atoms with Gasteiger partial charge in [0.1, 0.15) is 12.2 Å². The number of cyclic esters (lactones) is 1. The summed E-state index contributed by atoms with van der Waals surface area (Å²) in [5.74, 6) is -1.06. The van der Waals surface area contributed by atoms with E-state index >= 15 is 0 Å². The molecule has 1 aliphatic heterocycles. The molecule has 0 bridgehead atoms. The van der Waals surface area contributed by atoms with Crippen molar-refractivity contribution < 1.29 is 34.4 Å². The molecule has 3 N–H and O–H groups in total. The molecule has 0 aromatic rings. The van der Waals surface area contributed by atoms with Gasteiger partial charge in [-0.25, -0.2) is 0 Å². The van der Waals surface area contributed by atoms with E-state index in [0.29, 0.717) is 32.1 Å². The van der Waals surface area contributed by atoms with Crippen LogP contribution in [0.3, 0.4) is 0 Å². The summed E-state index contributed by atoms with van der Waals surface area (Å²) in [5, 5.41) is 31.6. The van der Waals surface area contributed by atoms with Crippen LogP contribution in [0.4, 0.5) is 0 Å². The predicted molar refractivity (Wildman–Crippen MR) is 118 cm³/mol.